The molecule has 0 bridgehead atoms. The summed E-state index contributed by atoms with van der Waals surface area (Å²) in [7, 11) is -4.19. The van der Waals surface area contributed by atoms with E-state index in [0.717, 1.165) is 0 Å². The van der Waals surface area contributed by atoms with E-state index in [9.17, 15) is 22.8 Å². The highest BCUT2D eigenvalue weighted by Crippen LogP contribution is 2.12. The highest BCUT2D eigenvalue weighted by molar-refractivity contribution is 7.89. The zero-order chi connectivity index (χ0) is 18.3. The molecule has 0 fully saturated rings. The predicted molar refractivity (Wildman–Crippen MR) is 83.8 cm³/mol. The van der Waals surface area contributed by atoms with Gasteiger partial charge in [-0.05, 0) is 32.9 Å². The number of rotatable bonds is 8. The molecule has 0 heterocycles. The molecule has 1 aromatic carbocycles. The van der Waals surface area contributed by atoms with Crippen molar-refractivity contribution in [1.29, 1.82) is 0 Å². The van der Waals surface area contributed by atoms with E-state index in [4.69, 9.17) is 9.47 Å². The van der Waals surface area contributed by atoms with Gasteiger partial charge in [-0.1, -0.05) is 12.1 Å². The molecule has 0 spiro atoms. The maximum atomic E-state index is 12.3. The second-order valence-electron chi connectivity index (χ2n) is 4.64. The second kappa shape index (κ2) is 8.55. The normalized spacial score (nSPS) is 11.2. The minimum Gasteiger partial charge on any atom is -0.464 e. The van der Waals surface area contributed by atoms with Crippen molar-refractivity contribution >= 4 is 27.7 Å². The monoisotopic (exact) mass is 357 g/mol. The highest BCUT2D eigenvalue weighted by Gasteiger charge is 2.34. The zero-order valence-electron chi connectivity index (χ0n) is 13.6. The summed E-state index contributed by atoms with van der Waals surface area (Å²) < 4.78 is 36.0. The number of benzene rings is 1. The number of sulfonamides is 1. The first-order chi connectivity index (χ1) is 11.2. The third kappa shape index (κ3) is 5.14. The van der Waals surface area contributed by atoms with Crippen LogP contribution < -0.4 is 4.72 Å². The fourth-order valence-electron chi connectivity index (χ4n) is 1.74. The van der Waals surface area contributed by atoms with Crippen molar-refractivity contribution in [1.82, 2.24) is 4.72 Å². The van der Waals surface area contributed by atoms with Crippen LogP contribution in [0.1, 0.15) is 31.1 Å². The molecule has 1 rings (SSSR count). The van der Waals surface area contributed by atoms with Crippen molar-refractivity contribution in [2.45, 2.75) is 31.7 Å². The number of ketones is 1. The standard InChI is InChI=1S/C15H19NO7S/c1-4-22-14(18)13(15(19)23-5-2)16-24(20,21)12-8-6-11(7-9-12)10(3)17/h6-9,13,16H,4-5H2,1-3H3. The van der Waals surface area contributed by atoms with Crippen molar-refractivity contribution in [3.8, 4) is 0 Å². The minimum absolute atomic E-state index is 0.0240. The Hall–Kier alpha value is -2.26. The van der Waals surface area contributed by atoms with Gasteiger partial charge in [-0.15, -0.1) is 0 Å². The largest absolute Gasteiger partial charge is 0.464 e. The minimum atomic E-state index is -4.19. The Kier molecular flexibility index (Phi) is 7.05. The van der Waals surface area contributed by atoms with Gasteiger partial charge in [-0.2, -0.15) is 4.72 Å². The number of Topliss-reactive ketones (excluding diaryl/α,β-unsaturated/α-hetero) is 1. The van der Waals surface area contributed by atoms with Gasteiger partial charge >= 0.3 is 11.9 Å². The first kappa shape index (κ1) is 19.8. The van der Waals surface area contributed by atoms with E-state index in [2.05, 4.69) is 0 Å². The fourth-order valence-corrected chi connectivity index (χ4v) is 2.87. The molecule has 0 saturated carbocycles. The molecular formula is C15H19NO7S. The molecule has 0 saturated heterocycles. The van der Waals surface area contributed by atoms with E-state index >= 15 is 0 Å². The van der Waals surface area contributed by atoms with E-state index in [1.54, 1.807) is 0 Å². The lowest BCUT2D eigenvalue weighted by atomic mass is 10.2. The number of nitrogens with one attached hydrogen (secondary N) is 1. The van der Waals surface area contributed by atoms with Crippen LogP contribution in [0.2, 0.25) is 0 Å². The van der Waals surface area contributed by atoms with Gasteiger partial charge in [0.25, 0.3) is 0 Å². The van der Waals surface area contributed by atoms with E-state index in [1.807, 2.05) is 4.72 Å². The lowest BCUT2D eigenvalue weighted by Gasteiger charge is -2.16. The predicted octanol–water partition coefficient (Wildman–Crippen LogP) is 0.662. The molecule has 132 valence electrons. The molecule has 0 aliphatic rings. The molecule has 0 amide bonds. The lowest BCUT2D eigenvalue weighted by Crippen LogP contribution is -2.48. The van der Waals surface area contributed by atoms with Gasteiger partial charge in [-0.25, -0.2) is 18.0 Å². The van der Waals surface area contributed by atoms with Crippen LogP contribution in [0.4, 0.5) is 0 Å². The molecule has 1 N–H and O–H groups in total. The number of hydrogen-bond donors (Lipinski definition) is 1. The van der Waals surface area contributed by atoms with Crippen LogP contribution in [0.15, 0.2) is 29.2 Å². The molecule has 0 aliphatic heterocycles. The van der Waals surface area contributed by atoms with E-state index in [1.165, 1.54) is 45.0 Å². The van der Waals surface area contributed by atoms with Crippen LogP contribution in [0.25, 0.3) is 0 Å². The van der Waals surface area contributed by atoms with Crippen LogP contribution in [0, 0.1) is 0 Å². The second-order valence-corrected chi connectivity index (χ2v) is 6.35. The zero-order valence-corrected chi connectivity index (χ0v) is 14.4. The van der Waals surface area contributed by atoms with Crippen molar-refractivity contribution in [2.24, 2.45) is 0 Å². The molecule has 0 aliphatic carbocycles. The summed E-state index contributed by atoms with van der Waals surface area (Å²) >= 11 is 0. The molecular weight excluding hydrogens is 338 g/mol. The topological polar surface area (TPSA) is 116 Å². The van der Waals surface area contributed by atoms with E-state index in [0.29, 0.717) is 5.56 Å². The Bertz CT molecular complexity index is 692. The van der Waals surface area contributed by atoms with E-state index in [-0.39, 0.29) is 23.9 Å². The van der Waals surface area contributed by atoms with Crippen molar-refractivity contribution < 1.29 is 32.3 Å². The quantitative estimate of drug-likeness (QED) is 0.413. The van der Waals surface area contributed by atoms with E-state index < -0.39 is 28.0 Å². The Balaban J connectivity index is 3.07. The molecule has 0 aromatic heterocycles. The Morgan fingerprint density at radius 3 is 1.83 bits per heavy atom. The van der Waals surface area contributed by atoms with Crippen molar-refractivity contribution in [3.63, 3.8) is 0 Å². The molecule has 8 nitrogen and oxygen atoms in total. The number of esters is 2. The molecule has 0 unspecified atom stereocenters. The average Bonchev–Trinajstić information content (AvgIpc) is 2.53. The molecule has 0 atom stereocenters. The summed E-state index contributed by atoms with van der Waals surface area (Å²) in [6.45, 7) is 4.34. The van der Waals surface area contributed by atoms with Gasteiger partial charge in [0, 0.05) is 5.56 Å². The van der Waals surface area contributed by atoms with Crippen LogP contribution in [-0.2, 0) is 29.1 Å². The average molecular weight is 357 g/mol. The first-order valence-corrected chi connectivity index (χ1v) is 8.67. The molecule has 9 heteroatoms. The van der Waals surface area contributed by atoms with Crippen molar-refractivity contribution in [2.75, 3.05) is 13.2 Å². The molecule has 0 radical (unpaired) electrons. The van der Waals surface area contributed by atoms with Gasteiger partial charge in [0.05, 0.1) is 18.1 Å². The third-order valence-corrected chi connectivity index (χ3v) is 4.33. The van der Waals surface area contributed by atoms with Gasteiger partial charge in [0.2, 0.25) is 16.1 Å². The van der Waals surface area contributed by atoms with Crippen LogP contribution in [-0.4, -0.2) is 45.4 Å². The molecule has 1 aromatic rings. The number of carbonyl (C=O) groups is 3. The maximum Gasteiger partial charge on any atom is 0.335 e. The summed E-state index contributed by atoms with van der Waals surface area (Å²) in [5, 5.41) is 0. The van der Waals surface area contributed by atoms with Crippen LogP contribution >= 0.6 is 0 Å². The molecule has 24 heavy (non-hydrogen) atoms. The highest BCUT2D eigenvalue weighted by atomic mass is 32.2. The van der Waals surface area contributed by atoms with Crippen LogP contribution in [0.3, 0.4) is 0 Å². The van der Waals surface area contributed by atoms with Gasteiger partial charge in [0.15, 0.2) is 5.78 Å². The number of carbonyl (C=O) groups excluding carboxylic acids is 3. The summed E-state index contributed by atoms with van der Waals surface area (Å²) in [6.07, 6.45) is 0. The van der Waals surface area contributed by atoms with Crippen molar-refractivity contribution in [3.05, 3.63) is 29.8 Å². The smallest absolute Gasteiger partial charge is 0.335 e. The summed E-state index contributed by atoms with van der Waals surface area (Å²) in [5.74, 6) is -2.33. The SMILES string of the molecule is CCOC(=O)C(NS(=O)(=O)c1ccc(C(C)=O)cc1)C(=O)OCC. The van der Waals surface area contributed by atoms with Gasteiger partial charge in [-0.3, -0.25) is 4.79 Å². The summed E-state index contributed by atoms with van der Waals surface area (Å²) in [6, 6.07) is 3.27. The summed E-state index contributed by atoms with van der Waals surface area (Å²) in [5.41, 5.74) is 0.335. The Morgan fingerprint density at radius 2 is 1.46 bits per heavy atom. The van der Waals surface area contributed by atoms with Crippen LogP contribution in [0.5, 0.6) is 0 Å². The lowest BCUT2D eigenvalue weighted by molar-refractivity contribution is -0.157. The Labute approximate surface area is 140 Å². The first-order valence-electron chi connectivity index (χ1n) is 7.19. The number of ether oxygens (including phenoxy) is 2. The van der Waals surface area contributed by atoms with Gasteiger partial charge in [0.1, 0.15) is 0 Å². The van der Waals surface area contributed by atoms with Gasteiger partial charge < -0.3 is 9.47 Å². The summed E-state index contributed by atoms with van der Waals surface area (Å²) in [4.78, 5) is 34.7. The number of hydrogen-bond acceptors (Lipinski definition) is 7. The Morgan fingerprint density at radius 1 is 1.00 bits per heavy atom. The fraction of sp³-hybridized carbons (Fsp3) is 0.400. The third-order valence-electron chi connectivity index (χ3n) is 2.89. The maximum absolute atomic E-state index is 12.3.